The predicted octanol–water partition coefficient (Wildman–Crippen LogP) is 1.40. The van der Waals surface area contributed by atoms with Gasteiger partial charge in [0.1, 0.15) is 6.04 Å². The first-order valence-electron chi connectivity index (χ1n) is 7.37. The maximum atomic E-state index is 12.4. The second-order valence-corrected chi connectivity index (χ2v) is 5.89. The molecular formula is C14H24N2O4. The van der Waals surface area contributed by atoms with E-state index in [0.717, 1.165) is 32.3 Å². The second kappa shape index (κ2) is 6.43. The molecule has 0 saturated carbocycles. The number of rotatable bonds is 3. The molecule has 2 rings (SSSR count). The normalized spacial score (nSPS) is 30.3. The fourth-order valence-electron chi connectivity index (χ4n) is 3.09. The number of carboxylic acids is 1. The summed E-state index contributed by atoms with van der Waals surface area (Å²) >= 11 is 0. The second-order valence-electron chi connectivity index (χ2n) is 5.89. The Morgan fingerprint density at radius 1 is 1.35 bits per heavy atom. The molecule has 2 aliphatic rings. The van der Waals surface area contributed by atoms with Crippen LogP contribution in [0.3, 0.4) is 0 Å². The average molecular weight is 284 g/mol. The Balaban J connectivity index is 1.93. The number of carboxylic acid groups (broad SMARTS) is 1. The topological polar surface area (TPSA) is 70.1 Å². The van der Waals surface area contributed by atoms with Gasteiger partial charge in [-0.05, 0) is 31.6 Å². The van der Waals surface area contributed by atoms with E-state index in [0.29, 0.717) is 13.1 Å². The first-order chi connectivity index (χ1) is 9.50. The van der Waals surface area contributed by atoms with Gasteiger partial charge in [-0.1, -0.05) is 6.92 Å². The number of nitrogens with zero attached hydrogens (tertiary/aromatic N) is 2. The van der Waals surface area contributed by atoms with Crippen molar-refractivity contribution >= 4 is 12.0 Å². The highest BCUT2D eigenvalue weighted by Gasteiger charge is 2.40. The molecule has 0 aromatic rings. The number of carbonyl (C=O) groups is 2. The molecule has 0 aliphatic carbocycles. The maximum absolute atomic E-state index is 12.4. The molecule has 0 aromatic heterocycles. The van der Waals surface area contributed by atoms with Crippen LogP contribution in [-0.2, 0) is 9.53 Å². The first-order valence-corrected chi connectivity index (χ1v) is 7.37. The molecule has 3 unspecified atom stereocenters. The quantitative estimate of drug-likeness (QED) is 0.850. The maximum Gasteiger partial charge on any atom is 0.326 e. The van der Waals surface area contributed by atoms with Crippen LogP contribution in [0.4, 0.5) is 4.79 Å². The van der Waals surface area contributed by atoms with Crippen LogP contribution < -0.4 is 0 Å². The number of hydrogen-bond acceptors (Lipinski definition) is 3. The minimum absolute atomic E-state index is 0.00998. The van der Waals surface area contributed by atoms with Gasteiger partial charge in [-0.3, -0.25) is 0 Å². The highest BCUT2D eigenvalue weighted by molar-refractivity contribution is 5.83. The summed E-state index contributed by atoms with van der Waals surface area (Å²) in [7, 11) is 1.72. The van der Waals surface area contributed by atoms with E-state index in [1.807, 2.05) is 6.92 Å². The van der Waals surface area contributed by atoms with Crippen LogP contribution in [-0.4, -0.2) is 65.8 Å². The molecule has 1 N–H and O–H groups in total. The van der Waals surface area contributed by atoms with E-state index in [2.05, 4.69) is 0 Å². The number of urea groups is 1. The summed E-state index contributed by atoms with van der Waals surface area (Å²) < 4.78 is 5.63. The standard InChI is InChI=1S/C14H24N2O4/c1-10-6-7-16(12(10)13(17)18)14(19)15(2)9-11-5-3-4-8-20-11/h10-12H,3-9H2,1-2H3,(H,17,18). The van der Waals surface area contributed by atoms with Crippen molar-refractivity contribution in [3.05, 3.63) is 0 Å². The Bertz CT molecular complexity index is 368. The summed E-state index contributed by atoms with van der Waals surface area (Å²) in [6.07, 6.45) is 4.01. The van der Waals surface area contributed by atoms with Crippen LogP contribution in [0.25, 0.3) is 0 Å². The summed E-state index contributed by atoms with van der Waals surface area (Å²) in [6.45, 7) is 3.70. The summed E-state index contributed by atoms with van der Waals surface area (Å²) in [5.74, 6) is -0.901. The highest BCUT2D eigenvalue weighted by Crippen LogP contribution is 2.25. The number of ether oxygens (including phenoxy) is 1. The van der Waals surface area contributed by atoms with Crippen LogP contribution in [0.2, 0.25) is 0 Å². The number of carbonyl (C=O) groups excluding carboxylic acids is 1. The average Bonchev–Trinajstić information content (AvgIpc) is 2.81. The van der Waals surface area contributed by atoms with Gasteiger partial charge in [-0.15, -0.1) is 0 Å². The van der Waals surface area contributed by atoms with Crippen molar-refractivity contribution in [1.29, 1.82) is 0 Å². The molecule has 6 heteroatoms. The minimum atomic E-state index is -0.911. The summed E-state index contributed by atoms with van der Waals surface area (Å²) in [6, 6.07) is -0.895. The van der Waals surface area contributed by atoms with Gasteiger partial charge in [0.05, 0.1) is 6.10 Å². The lowest BCUT2D eigenvalue weighted by molar-refractivity contribution is -0.142. The zero-order valence-electron chi connectivity index (χ0n) is 12.2. The van der Waals surface area contributed by atoms with Crippen molar-refractivity contribution in [2.45, 2.75) is 44.8 Å². The fourth-order valence-corrected chi connectivity index (χ4v) is 3.09. The van der Waals surface area contributed by atoms with Gasteiger partial charge in [-0.25, -0.2) is 9.59 Å². The Hall–Kier alpha value is -1.30. The lowest BCUT2D eigenvalue weighted by atomic mass is 10.0. The van der Waals surface area contributed by atoms with Crippen LogP contribution in [0.15, 0.2) is 0 Å². The van der Waals surface area contributed by atoms with Crippen molar-refractivity contribution in [3.8, 4) is 0 Å². The van der Waals surface area contributed by atoms with Crippen LogP contribution in [0.5, 0.6) is 0 Å². The van der Waals surface area contributed by atoms with Crippen molar-refractivity contribution in [2.75, 3.05) is 26.7 Å². The van der Waals surface area contributed by atoms with E-state index in [-0.39, 0.29) is 18.1 Å². The molecule has 114 valence electrons. The Kier molecular flexibility index (Phi) is 4.86. The third-order valence-corrected chi connectivity index (χ3v) is 4.28. The molecule has 0 spiro atoms. The van der Waals surface area contributed by atoms with Gasteiger partial charge >= 0.3 is 12.0 Å². The summed E-state index contributed by atoms with van der Waals surface area (Å²) in [5, 5.41) is 9.27. The molecule has 2 aliphatic heterocycles. The van der Waals surface area contributed by atoms with Gasteiger partial charge in [-0.2, -0.15) is 0 Å². The zero-order chi connectivity index (χ0) is 14.7. The molecular weight excluding hydrogens is 260 g/mol. The molecule has 2 fully saturated rings. The van der Waals surface area contributed by atoms with Gasteiger partial charge in [0.2, 0.25) is 0 Å². The summed E-state index contributed by atoms with van der Waals surface area (Å²) in [4.78, 5) is 26.8. The van der Waals surface area contributed by atoms with E-state index >= 15 is 0 Å². The fraction of sp³-hybridized carbons (Fsp3) is 0.857. The van der Waals surface area contributed by atoms with Gasteiger partial charge in [0.15, 0.2) is 0 Å². The molecule has 20 heavy (non-hydrogen) atoms. The molecule has 6 nitrogen and oxygen atoms in total. The van der Waals surface area contributed by atoms with Crippen molar-refractivity contribution < 1.29 is 19.4 Å². The van der Waals surface area contributed by atoms with Gasteiger partial charge < -0.3 is 19.6 Å². The highest BCUT2D eigenvalue weighted by atomic mass is 16.5. The predicted molar refractivity (Wildman–Crippen MR) is 73.5 cm³/mol. The molecule has 2 amide bonds. The molecule has 3 atom stereocenters. The number of amides is 2. The van der Waals surface area contributed by atoms with Crippen LogP contribution >= 0.6 is 0 Å². The van der Waals surface area contributed by atoms with Crippen molar-refractivity contribution in [3.63, 3.8) is 0 Å². The third kappa shape index (κ3) is 3.23. The van der Waals surface area contributed by atoms with Crippen LogP contribution in [0.1, 0.15) is 32.6 Å². The lowest BCUT2D eigenvalue weighted by Gasteiger charge is -2.32. The van der Waals surface area contributed by atoms with E-state index in [1.165, 1.54) is 4.90 Å². The Labute approximate surface area is 119 Å². The van der Waals surface area contributed by atoms with E-state index in [4.69, 9.17) is 4.74 Å². The SMILES string of the molecule is CC1CCN(C(=O)N(C)CC2CCCCO2)C1C(=O)O. The van der Waals surface area contributed by atoms with E-state index in [9.17, 15) is 14.7 Å². The Morgan fingerprint density at radius 3 is 2.70 bits per heavy atom. The number of likely N-dealkylation sites (tertiary alicyclic amines) is 1. The third-order valence-electron chi connectivity index (χ3n) is 4.28. The number of likely N-dealkylation sites (N-methyl/N-ethyl adjacent to an activating group) is 1. The smallest absolute Gasteiger partial charge is 0.326 e. The van der Waals surface area contributed by atoms with Gasteiger partial charge in [0.25, 0.3) is 0 Å². The first kappa shape index (κ1) is 15.1. The molecule has 0 radical (unpaired) electrons. The molecule has 2 heterocycles. The lowest BCUT2D eigenvalue weighted by Crippen LogP contribution is -2.50. The zero-order valence-corrected chi connectivity index (χ0v) is 12.2. The largest absolute Gasteiger partial charge is 0.480 e. The van der Waals surface area contributed by atoms with Crippen molar-refractivity contribution in [1.82, 2.24) is 9.80 Å². The number of aliphatic carboxylic acids is 1. The Morgan fingerprint density at radius 2 is 2.10 bits per heavy atom. The molecule has 0 aromatic carbocycles. The summed E-state index contributed by atoms with van der Waals surface area (Å²) in [5.41, 5.74) is 0. The van der Waals surface area contributed by atoms with E-state index < -0.39 is 12.0 Å². The monoisotopic (exact) mass is 284 g/mol. The number of hydrogen-bond donors (Lipinski definition) is 1. The van der Waals surface area contributed by atoms with Crippen molar-refractivity contribution in [2.24, 2.45) is 5.92 Å². The van der Waals surface area contributed by atoms with Crippen LogP contribution in [0, 0.1) is 5.92 Å². The van der Waals surface area contributed by atoms with Gasteiger partial charge in [0, 0.05) is 26.7 Å². The minimum Gasteiger partial charge on any atom is -0.480 e. The molecule has 2 saturated heterocycles. The molecule has 0 bridgehead atoms. The van der Waals surface area contributed by atoms with E-state index in [1.54, 1.807) is 11.9 Å².